The molecule has 0 saturated heterocycles. The van der Waals surface area contributed by atoms with Crippen LogP contribution in [0.3, 0.4) is 0 Å². The van der Waals surface area contributed by atoms with Crippen molar-refractivity contribution in [3.63, 3.8) is 0 Å². The zero-order valence-corrected chi connectivity index (χ0v) is 14.3. The number of primary amides is 1. The highest BCUT2D eigenvalue weighted by Crippen LogP contribution is 2.08. The number of hydrogen-bond donors (Lipinski definition) is 3. The number of nitrogens with two attached hydrogens (primary N) is 1. The van der Waals surface area contributed by atoms with Crippen LogP contribution < -0.4 is 16.4 Å². The van der Waals surface area contributed by atoms with E-state index >= 15 is 0 Å². The Kier molecular flexibility index (Phi) is 6.68. The molecule has 1 heterocycles. The molecule has 4 N–H and O–H groups in total. The van der Waals surface area contributed by atoms with Gasteiger partial charge in [-0.2, -0.15) is 16.9 Å². The van der Waals surface area contributed by atoms with Crippen molar-refractivity contribution in [3.8, 4) is 5.69 Å². The molecule has 128 valence electrons. The van der Waals surface area contributed by atoms with E-state index in [1.54, 1.807) is 22.6 Å². The van der Waals surface area contributed by atoms with Gasteiger partial charge in [0.25, 0.3) is 0 Å². The summed E-state index contributed by atoms with van der Waals surface area (Å²) in [7, 11) is 0. The second-order valence-corrected chi connectivity index (χ2v) is 6.17. The van der Waals surface area contributed by atoms with E-state index in [-0.39, 0.29) is 5.91 Å². The van der Waals surface area contributed by atoms with E-state index in [2.05, 4.69) is 15.7 Å². The summed E-state index contributed by atoms with van der Waals surface area (Å²) in [5.74, 6) is 0.500. The molecule has 1 atom stereocenters. The van der Waals surface area contributed by atoms with Crippen molar-refractivity contribution in [3.05, 3.63) is 48.3 Å². The first kappa shape index (κ1) is 17.9. The number of carbonyl (C=O) groups is 2. The van der Waals surface area contributed by atoms with Gasteiger partial charge >= 0.3 is 6.03 Å². The van der Waals surface area contributed by atoms with Crippen LogP contribution in [0.1, 0.15) is 12.0 Å². The molecule has 8 heteroatoms. The summed E-state index contributed by atoms with van der Waals surface area (Å²) in [4.78, 5) is 23.2. The number of para-hydroxylation sites is 1. The van der Waals surface area contributed by atoms with Crippen LogP contribution in [0, 0.1) is 0 Å². The average molecular weight is 347 g/mol. The SMILES string of the molecule is CSCCC(NC(N)=O)C(=O)NCc1cnn(-c2ccccc2)c1. The maximum atomic E-state index is 12.2. The van der Waals surface area contributed by atoms with Crippen LogP contribution in [0.15, 0.2) is 42.7 Å². The lowest BCUT2D eigenvalue weighted by molar-refractivity contribution is -0.123. The van der Waals surface area contributed by atoms with Gasteiger partial charge in [-0.15, -0.1) is 0 Å². The molecular formula is C16H21N5O2S. The standard InChI is InChI=1S/C16H21N5O2S/c1-24-8-7-14(20-16(17)23)15(22)18-9-12-10-19-21(11-12)13-5-3-2-4-6-13/h2-6,10-11,14H,7-9H2,1H3,(H,18,22)(H3,17,20,23). The lowest BCUT2D eigenvalue weighted by atomic mass is 10.2. The van der Waals surface area contributed by atoms with Gasteiger partial charge in [-0.3, -0.25) is 4.79 Å². The third-order valence-corrected chi connectivity index (χ3v) is 4.01. The average Bonchev–Trinajstić information content (AvgIpc) is 3.06. The van der Waals surface area contributed by atoms with Crippen LogP contribution in [-0.4, -0.2) is 39.8 Å². The van der Waals surface area contributed by atoms with Crippen molar-refractivity contribution in [2.24, 2.45) is 5.73 Å². The quantitative estimate of drug-likeness (QED) is 0.669. The fraction of sp³-hybridized carbons (Fsp3) is 0.312. The Morgan fingerprint density at radius 1 is 1.33 bits per heavy atom. The van der Waals surface area contributed by atoms with E-state index in [9.17, 15) is 9.59 Å². The van der Waals surface area contributed by atoms with Gasteiger partial charge in [-0.25, -0.2) is 9.48 Å². The number of aromatic nitrogens is 2. The summed E-state index contributed by atoms with van der Waals surface area (Å²) >= 11 is 1.60. The molecule has 2 rings (SSSR count). The Labute approximate surface area is 145 Å². The Hall–Kier alpha value is -2.48. The number of nitrogens with one attached hydrogen (secondary N) is 2. The molecule has 1 unspecified atom stereocenters. The van der Waals surface area contributed by atoms with Gasteiger partial charge < -0.3 is 16.4 Å². The van der Waals surface area contributed by atoms with Crippen LogP contribution in [0.4, 0.5) is 4.79 Å². The van der Waals surface area contributed by atoms with E-state index in [1.165, 1.54) is 0 Å². The van der Waals surface area contributed by atoms with Gasteiger partial charge in [0, 0.05) is 18.3 Å². The molecule has 0 aliphatic rings. The Morgan fingerprint density at radius 3 is 2.75 bits per heavy atom. The zero-order chi connectivity index (χ0) is 17.4. The first-order valence-electron chi connectivity index (χ1n) is 7.51. The van der Waals surface area contributed by atoms with Crippen molar-refractivity contribution >= 4 is 23.7 Å². The maximum Gasteiger partial charge on any atom is 0.312 e. The number of nitrogens with zero attached hydrogens (tertiary/aromatic N) is 2. The summed E-state index contributed by atoms with van der Waals surface area (Å²) < 4.78 is 1.74. The summed E-state index contributed by atoms with van der Waals surface area (Å²) in [6, 6.07) is 8.38. The van der Waals surface area contributed by atoms with Crippen LogP contribution in [0.2, 0.25) is 0 Å². The molecule has 0 bridgehead atoms. The van der Waals surface area contributed by atoms with E-state index in [4.69, 9.17) is 5.73 Å². The van der Waals surface area contributed by atoms with E-state index in [0.717, 1.165) is 17.0 Å². The number of hydrogen-bond acceptors (Lipinski definition) is 4. The molecule has 0 aliphatic heterocycles. The van der Waals surface area contributed by atoms with Gasteiger partial charge in [0.1, 0.15) is 6.04 Å². The van der Waals surface area contributed by atoms with Crippen LogP contribution in [-0.2, 0) is 11.3 Å². The predicted octanol–water partition coefficient (Wildman–Crippen LogP) is 1.28. The second-order valence-electron chi connectivity index (χ2n) is 5.19. The van der Waals surface area contributed by atoms with Gasteiger partial charge in [0.2, 0.25) is 5.91 Å². The minimum absolute atomic E-state index is 0.254. The number of carbonyl (C=O) groups excluding carboxylic acids is 2. The molecule has 2 aromatic rings. The fourth-order valence-electron chi connectivity index (χ4n) is 2.16. The molecule has 3 amide bonds. The van der Waals surface area contributed by atoms with Crippen molar-refractivity contribution in [2.75, 3.05) is 12.0 Å². The molecule has 24 heavy (non-hydrogen) atoms. The summed E-state index contributed by atoms with van der Waals surface area (Å²) in [6.07, 6.45) is 6.02. The highest BCUT2D eigenvalue weighted by atomic mass is 32.2. The molecule has 0 saturated carbocycles. The Morgan fingerprint density at radius 2 is 2.08 bits per heavy atom. The number of benzene rings is 1. The van der Waals surface area contributed by atoms with Crippen molar-refractivity contribution in [1.29, 1.82) is 0 Å². The van der Waals surface area contributed by atoms with Gasteiger partial charge in [0.15, 0.2) is 0 Å². The summed E-state index contributed by atoms with van der Waals surface area (Å²) in [6.45, 7) is 0.335. The third kappa shape index (κ3) is 5.31. The second kappa shape index (κ2) is 8.97. The fourth-order valence-corrected chi connectivity index (χ4v) is 2.63. The van der Waals surface area contributed by atoms with Crippen LogP contribution >= 0.6 is 11.8 Å². The minimum Gasteiger partial charge on any atom is -0.352 e. The van der Waals surface area contributed by atoms with Gasteiger partial charge in [-0.05, 0) is 30.6 Å². The largest absolute Gasteiger partial charge is 0.352 e. The van der Waals surface area contributed by atoms with Crippen LogP contribution in [0.25, 0.3) is 5.69 Å². The predicted molar refractivity (Wildman–Crippen MR) is 94.9 cm³/mol. The molecule has 1 aromatic carbocycles. The van der Waals surface area contributed by atoms with Gasteiger partial charge in [0.05, 0.1) is 11.9 Å². The monoisotopic (exact) mass is 347 g/mol. The maximum absolute atomic E-state index is 12.2. The lowest BCUT2D eigenvalue weighted by Crippen LogP contribution is -2.48. The third-order valence-electron chi connectivity index (χ3n) is 3.37. The normalized spacial score (nSPS) is 11.7. The minimum atomic E-state index is -0.701. The highest BCUT2D eigenvalue weighted by Gasteiger charge is 2.19. The molecule has 0 radical (unpaired) electrons. The smallest absolute Gasteiger partial charge is 0.312 e. The summed E-state index contributed by atoms with van der Waals surface area (Å²) in [5, 5.41) is 9.56. The molecule has 1 aromatic heterocycles. The Balaban J connectivity index is 1.92. The Bertz CT molecular complexity index is 674. The number of rotatable bonds is 8. The number of urea groups is 1. The zero-order valence-electron chi connectivity index (χ0n) is 13.4. The number of amides is 3. The van der Waals surface area contributed by atoms with E-state index in [0.29, 0.717) is 13.0 Å². The first-order chi connectivity index (χ1) is 11.6. The molecule has 7 nitrogen and oxygen atoms in total. The van der Waals surface area contributed by atoms with Crippen molar-refractivity contribution < 1.29 is 9.59 Å². The molecule has 0 aliphatic carbocycles. The van der Waals surface area contributed by atoms with E-state index in [1.807, 2.05) is 42.8 Å². The summed E-state index contributed by atoms with van der Waals surface area (Å²) in [5.41, 5.74) is 6.95. The first-order valence-corrected chi connectivity index (χ1v) is 8.91. The van der Waals surface area contributed by atoms with E-state index < -0.39 is 12.1 Å². The molecule has 0 spiro atoms. The number of thioether (sulfide) groups is 1. The molecule has 0 fully saturated rings. The topological polar surface area (TPSA) is 102 Å². The highest BCUT2D eigenvalue weighted by molar-refractivity contribution is 7.98. The van der Waals surface area contributed by atoms with Crippen molar-refractivity contribution in [2.45, 2.75) is 19.0 Å². The lowest BCUT2D eigenvalue weighted by Gasteiger charge is -2.16. The molecular weight excluding hydrogens is 326 g/mol. The van der Waals surface area contributed by atoms with Gasteiger partial charge in [-0.1, -0.05) is 18.2 Å². The van der Waals surface area contributed by atoms with Crippen LogP contribution in [0.5, 0.6) is 0 Å². The van der Waals surface area contributed by atoms with Crippen molar-refractivity contribution in [1.82, 2.24) is 20.4 Å².